The van der Waals surface area contributed by atoms with Crippen LogP contribution in [0.5, 0.6) is 0 Å². The highest BCUT2D eigenvalue weighted by Gasteiger charge is 2.23. The maximum absolute atomic E-state index is 11.6. The number of carbonyl (C=O) groups is 2. The summed E-state index contributed by atoms with van der Waals surface area (Å²) in [6.07, 6.45) is 2.33. The molecule has 0 unspecified atom stereocenters. The van der Waals surface area contributed by atoms with Crippen molar-refractivity contribution >= 4 is 28.3 Å². The first-order valence-corrected chi connectivity index (χ1v) is 6.68. The fourth-order valence-electron chi connectivity index (χ4n) is 1.68. The molecule has 2 amide bonds. The summed E-state index contributed by atoms with van der Waals surface area (Å²) in [5.74, 6) is -0.407. The number of aromatic carboxylic acids is 1. The van der Waals surface area contributed by atoms with Gasteiger partial charge in [0.2, 0.25) is 0 Å². The summed E-state index contributed by atoms with van der Waals surface area (Å²) < 4.78 is 0. The fourth-order valence-corrected chi connectivity index (χ4v) is 2.73. The van der Waals surface area contributed by atoms with Crippen molar-refractivity contribution in [1.82, 2.24) is 5.32 Å². The first-order chi connectivity index (χ1) is 8.49. The van der Waals surface area contributed by atoms with E-state index in [9.17, 15) is 9.59 Å². The number of anilines is 1. The second-order valence-corrected chi connectivity index (χ2v) is 5.80. The molecule has 1 fully saturated rings. The average molecular weight is 268 g/mol. The van der Waals surface area contributed by atoms with Crippen LogP contribution in [0.2, 0.25) is 0 Å². The highest BCUT2D eigenvalue weighted by atomic mass is 32.1. The van der Waals surface area contributed by atoms with E-state index in [1.165, 1.54) is 11.3 Å². The number of hydrogen-bond donors (Lipinski definition) is 3. The molecule has 2 rings (SSSR count). The van der Waals surface area contributed by atoms with E-state index >= 15 is 0 Å². The van der Waals surface area contributed by atoms with Crippen LogP contribution in [0, 0.1) is 19.8 Å². The molecule has 18 heavy (non-hydrogen) atoms. The second kappa shape index (κ2) is 4.97. The molecule has 0 aromatic carbocycles. The predicted octanol–water partition coefficient (Wildman–Crippen LogP) is 2.59. The van der Waals surface area contributed by atoms with Crippen LogP contribution in [-0.2, 0) is 0 Å². The number of hydrogen-bond acceptors (Lipinski definition) is 3. The van der Waals surface area contributed by atoms with Crippen molar-refractivity contribution in [1.29, 1.82) is 0 Å². The molecule has 0 atom stereocenters. The summed E-state index contributed by atoms with van der Waals surface area (Å²) in [5.41, 5.74) is 0.907. The second-order valence-electron chi connectivity index (χ2n) is 4.57. The van der Waals surface area contributed by atoms with Crippen LogP contribution in [0.25, 0.3) is 0 Å². The monoisotopic (exact) mass is 268 g/mol. The largest absolute Gasteiger partial charge is 0.478 e. The van der Waals surface area contributed by atoms with Crippen molar-refractivity contribution in [3.8, 4) is 0 Å². The number of carbonyl (C=O) groups excluding carboxylic acids is 1. The van der Waals surface area contributed by atoms with Crippen LogP contribution in [-0.4, -0.2) is 23.7 Å². The van der Waals surface area contributed by atoms with Crippen LogP contribution in [0.3, 0.4) is 0 Å². The first kappa shape index (κ1) is 12.9. The van der Waals surface area contributed by atoms with Gasteiger partial charge in [-0.15, -0.1) is 11.3 Å². The smallest absolute Gasteiger partial charge is 0.338 e. The summed E-state index contributed by atoms with van der Waals surface area (Å²) in [4.78, 5) is 23.7. The summed E-state index contributed by atoms with van der Waals surface area (Å²) in [6.45, 7) is 4.26. The van der Waals surface area contributed by atoms with Crippen molar-refractivity contribution in [2.75, 3.05) is 11.9 Å². The van der Waals surface area contributed by atoms with Gasteiger partial charge >= 0.3 is 12.0 Å². The van der Waals surface area contributed by atoms with Gasteiger partial charge in [-0.25, -0.2) is 9.59 Å². The van der Waals surface area contributed by atoms with Gasteiger partial charge in [-0.3, -0.25) is 5.32 Å². The summed E-state index contributed by atoms with van der Waals surface area (Å²) in [5, 5.41) is 14.9. The van der Waals surface area contributed by atoms with Crippen LogP contribution in [0.4, 0.5) is 9.80 Å². The number of urea groups is 1. The molecule has 0 bridgehead atoms. The molecule has 1 heterocycles. The summed E-state index contributed by atoms with van der Waals surface area (Å²) >= 11 is 1.29. The topological polar surface area (TPSA) is 78.4 Å². The maximum atomic E-state index is 11.6. The third-order valence-electron chi connectivity index (χ3n) is 3.07. The van der Waals surface area contributed by atoms with Gasteiger partial charge in [0.1, 0.15) is 5.00 Å². The molecule has 1 aromatic rings. The average Bonchev–Trinajstić information content (AvgIpc) is 3.05. The SMILES string of the molecule is Cc1sc(NC(=O)NCC2CC2)c(C(=O)O)c1C. The van der Waals surface area contributed by atoms with Crippen LogP contribution >= 0.6 is 11.3 Å². The third kappa shape index (κ3) is 2.81. The molecule has 0 spiro atoms. The molecule has 1 aromatic heterocycles. The minimum absolute atomic E-state index is 0.194. The Hall–Kier alpha value is -1.56. The standard InChI is InChI=1S/C12H16N2O3S/c1-6-7(2)18-10(9(6)11(15)16)14-12(17)13-5-8-3-4-8/h8H,3-5H2,1-2H3,(H,15,16)(H2,13,14,17). The Morgan fingerprint density at radius 3 is 2.61 bits per heavy atom. The molecule has 0 saturated heterocycles. The minimum atomic E-state index is -1.01. The number of carboxylic acids is 1. The Balaban J connectivity index is 2.05. The lowest BCUT2D eigenvalue weighted by atomic mass is 10.1. The lowest BCUT2D eigenvalue weighted by Gasteiger charge is -2.06. The maximum Gasteiger partial charge on any atom is 0.338 e. The molecule has 1 saturated carbocycles. The number of aryl methyl sites for hydroxylation is 1. The zero-order chi connectivity index (χ0) is 13.3. The van der Waals surface area contributed by atoms with E-state index in [2.05, 4.69) is 10.6 Å². The molecule has 1 aliphatic carbocycles. The zero-order valence-electron chi connectivity index (χ0n) is 10.4. The fraction of sp³-hybridized carbons (Fsp3) is 0.500. The molecule has 3 N–H and O–H groups in total. The van der Waals surface area contributed by atoms with Gasteiger partial charge < -0.3 is 10.4 Å². The van der Waals surface area contributed by atoms with Crippen LogP contribution < -0.4 is 10.6 Å². The molecule has 0 aliphatic heterocycles. The van der Waals surface area contributed by atoms with Gasteiger partial charge in [0.05, 0.1) is 5.56 Å². The van der Waals surface area contributed by atoms with E-state index in [0.717, 1.165) is 17.7 Å². The molecule has 6 heteroatoms. The molecular formula is C12H16N2O3S. The van der Waals surface area contributed by atoms with E-state index in [1.54, 1.807) is 6.92 Å². The summed E-state index contributed by atoms with van der Waals surface area (Å²) in [7, 11) is 0. The Morgan fingerprint density at radius 1 is 1.39 bits per heavy atom. The number of carboxylic acid groups (broad SMARTS) is 1. The van der Waals surface area contributed by atoms with Crippen molar-refractivity contribution in [3.05, 3.63) is 16.0 Å². The van der Waals surface area contributed by atoms with E-state index in [4.69, 9.17) is 5.11 Å². The van der Waals surface area contributed by atoms with Crippen molar-refractivity contribution < 1.29 is 14.7 Å². The molecular weight excluding hydrogens is 252 g/mol. The van der Waals surface area contributed by atoms with Crippen LogP contribution in [0.1, 0.15) is 33.6 Å². The Kier molecular flexibility index (Phi) is 3.56. The lowest BCUT2D eigenvalue weighted by Crippen LogP contribution is -2.30. The number of rotatable bonds is 4. The van der Waals surface area contributed by atoms with Gasteiger partial charge in [0.25, 0.3) is 0 Å². The van der Waals surface area contributed by atoms with Gasteiger partial charge in [-0.1, -0.05) is 0 Å². The van der Waals surface area contributed by atoms with Gasteiger partial charge in [-0.2, -0.15) is 0 Å². The Bertz CT molecular complexity index is 492. The quantitative estimate of drug-likeness (QED) is 0.785. The summed E-state index contributed by atoms with van der Waals surface area (Å²) in [6, 6.07) is -0.328. The number of nitrogens with one attached hydrogen (secondary N) is 2. The van der Waals surface area contributed by atoms with Crippen molar-refractivity contribution in [2.24, 2.45) is 5.92 Å². The molecule has 5 nitrogen and oxygen atoms in total. The zero-order valence-corrected chi connectivity index (χ0v) is 11.2. The van der Waals surface area contributed by atoms with E-state index in [0.29, 0.717) is 23.0 Å². The van der Waals surface area contributed by atoms with Gasteiger partial charge in [0.15, 0.2) is 0 Å². The highest BCUT2D eigenvalue weighted by Crippen LogP contribution is 2.32. The van der Waals surface area contributed by atoms with Gasteiger partial charge in [-0.05, 0) is 38.2 Å². The highest BCUT2D eigenvalue weighted by molar-refractivity contribution is 7.16. The molecule has 0 radical (unpaired) electrons. The number of thiophene rings is 1. The Labute approximate surface area is 109 Å². The minimum Gasteiger partial charge on any atom is -0.478 e. The predicted molar refractivity (Wildman–Crippen MR) is 70.5 cm³/mol. The van der Waals surface area contributed by atoms with E-state index < -0.39 is 5.97 Å². The van der Waals surface area contributed by atoms with E-state index in [1.807, 2.05) is 6.92 Å². The van der Waals surface area contributed by atoms with Crippen LogP contribution in [0.15, 0.2) is 0 Å². The molecule has 98 valence electrons. The first-order valence-electron chi connectivity index (χ1n) is 5.87. The van der Waals surface area contributed by atoms with Crippen molar-refractivity contribution in [2.45, 2.75) is 26.7 Å². The normalized spacial score (nSPS) is 14.3. The third-order valence-corrected chi connectivity index (χ3v) is 4.20. The Morgan fingerprint density at radius 2 is 2.06 bits per heavy atom. The van der Waals surface area contributed by atoms with Gasteiger partial charge in [0, 0.05) is 11.4 Å². The van der Waals surface area contributed by atoms with Crippen molar-refractivity contribution in [3.63, 3.8) is 0 Å². The molecule has 1 aliphatic rings. The number of amides is 2. The lowest BCUT2D eigenvalue weighted by molar-refractivity contribution is 0.0697. The van der Waals surface area contributed by atoms with E-state index in [-0.39, 0.29) is 11.6 Å².